The van der Waals surface area contributed by atoms with Gasteiger partial charge in [0, 0.05) is 5.69 Å². The molecule has 3 rings (SSSR count). The lowest BCUT2D eigenvalue weighted by Gasteiger charge is -2.08. The quantitative estimate of drug-likeness (QED) is 0.543. The molecule has 0 aliphatic carbocycles. The second-order valence-electron chi connectivity index (χ2n) is 6.46. The molecule has 160 valence electrons. The number of para-hydroxylation sites is 1. The number of aromatic nitrogens is 3. The first-order valence-electron chi connectivity index (χ1n) is 9.42. The molecule has 1 heterocycles. The van der Waals surface area contributed by atoms with Gasteiger partial charge in [-0.3, -0.25) is 9.59 Å². The van der Waals surface area contributed by atoms with E-state index in [2.05, 4.69) is 20.9 Å². The van der Waals surface area contributed by atoms with Crippen molar-refractivity contribution >= 4 is 40.8 Å². The summed E-state index contributed by atoms with van der Waals surface area (Å²) in [7, 11) is 0. The second-order valence-corrected chi connectivity index (χ2v) is 6.87. The Labute approximate surface area is 183 Å². The Morgan fingerprint density at radius 3 is 2.61 bits per heavy atom. The normalized spacial score (nSPS) is 10.4. The predicted octanol–water partition coefficient (Wildman–Crippen LogP) is 3.31. The number of anilines is 2. The monoisotopic (exact) mass is 441 g/mol. The first-order valence-corrected chi connectivity index (χ1v) is 9.79. The number of nitrogens with one attached hydrogen (secondary N) is 2. The van der Waals surface area contributed by atoms with Crippen LogP contribution in [0.15, 0.2) is 48.5 Å². The van der Waals surface area contributed by atoms with Crippen LogP contribution >= 0.6 is 11.6 Å². The van der Waals surface area contributed by atoms with Gasteiger partial charge in [-0.1, -0.05) is 35.0 Å². The van der Waals surface area contributed by atoms with Gasteiger partial charge in [0.2, 0.25) is 5.91 Å². The fourth-order valence-corrected chi connectivity index (χ4v) is 2.92. The minimum atomic E-state index is -0.487. The van der Waals surface area contributed by atoms with E-state index < -0.39 is 17.8 Å². The number of hydrogen-bond acceptors (Lipinski definition) is 6. The van der Waals surface area contributed by atoms with Gasteiger partial charge in [0.1, 0.15) is 6.54 Å². The molecule has 0 spiro atoms. The number of ether oxygens (including phenoxy) is 1. The van der Waals surface area contributed by atoms with Crippen LogP contribution in [0.4, 0.5) is 11.4 Å². The van der Waals surface area contributed by atoms with E-state index in [0.717, 1.165) is 0 Å². The zero-order valence-electron chi connectivity index (χ0n) is 16.9. The third-order valence-corrected chi connectivity index (χ3v) is 4.60. The summed E-state index contributed by atoms with van der Waals surface area (Å²) >= 11 is 6.06. The molecule has 9 nitrogen and oxygen atoms in total. The lowest BCUT2D eigenvalue weighted by atomic mass is 10.2. The second kappa shape index (κ2) is 9.86. The van der Waals surface area contributed by atoms with Gasteiger partial charge >= 0.3 is 5.97 Å². The molecule has 1 aromatic heterocycles. The summed E-state index contributed by atoms with van der Waals surface area (Å²) in [6.45, 7) is 3.44. The van der Waals surface area contributed by atoms with Gasteiger partial charge in [-0.15, -0.1) is 5.10 Å². The van der Waals surface area contributed by atoms with Crippen LogP contribution in [0.5, 0.6) is 0 Å². The zero-order valence-corrected chi connectivity index (χ0v) is 17.6. The molecule has 0 fully saturated rings. The predicted molar refractivity (Wildman–Crippen MR) is 115 cm³/mol. The summed E-state index contributed by atoms with van der Waals surface area (Å²) in [4.78, 5) is 36.8. The van der Waals surface area contributed by atoms with E-state index in [1.165, 1.54) is 10.7 Å². The molecule has 31 heavy (non-hydrogen) atoms. The average Bonchev–Trinajstić information content (AvgIpc) is 3.10. The van der Waals surface area contributed by atoms with Crippen molar-refractivity contribution in [1.82, 2.24) is 15.0 Å². The lowest BCUT2D eigenvalue weighted by molar-refractivity contribution is -0.117. The van der Waals surface area contributed by atoms with Gasteiger partial charge in [0.05, 0.1) is 28.6 Å². The largest absolute Gasteiger partial charge is 0.462 e. The van der Waals surface area contributed by atoms with Crippen molar-refractivity contribution in [3.63, 3.8) is 0 Å². The van der Waals surface area contributed by atoms with Crippen molar-refractivity contribution in [2.75, 3.05) is 17.2 Å². The van der Waals surface area contributed by atoms with E-state index in [4.69, 9.17) is 16.3 Å². The van der Waals surface area contributed by atoms with Crippen LogP contribution in [0.1, 0.15) is 33.5 Å². The van der Waals surface area contributed by atoms with Crippen LogP contribution in [-0.4, -0.2) is 39.4 Å². The molecule has 0 saturated heterocycles. The van der Waals surface area contributed by atoms with E-state index in [1.807, 2.05) is 0 Å². The van der Waals surface area contributed by atoms with Gasteiger partial charge in [-0.2, -0.15) is 0 Å². The summed E-state index contributed by atoms with van der Waals surface area (Å²) in [5.74, 6) is -1.36. The maximum absolute atomic E-state index is 12.5. The van der Waals surface area contributed by atoms with Gasteiger partial charge in [-0.05, 0) is 44.2 Å². The van der Waals surface area contributed by atoms with E-state index in [9.17, 15) is 14.4 Å². The summed E-state index contributed by atoms with van der Waals surface area (Å²) in [5.41, 5.74) is 1.71. The molecule has 0 aliphatic rings. The summed E-state index contributed by atoms with van der Waals surface area (Å²) in [6, 6.07) is 13.2. The molecule has 0 radical (unpaired) electrons. The molecule has 2 amide bonds. The number of carbonyl (C=O) groups is 3. The number of carbonyl (C=O) groups excluding carboxylic acids is 3. The maximum atomic E-state index is 12.5. The Bertz CT molecular complexity index is 1130. The number of benzene rings is 2. The summed E-state index contributed by atoms with van der Waals surface area (Å²) < 4.78 is 6.27. The highest BCUT2D eigenvalue weighted by molar-refractivity contribution is 6.33. The zero-order chi connectivity index (χ0) is 22.4. The lowest BCUT2D eigenvalue weighted by Crippen LogP contribution is -2.21. The van der Waals surface area contributed by atoms with Crippen LogP contribution in [0, 0.1) is 6.92 Å². The Hall–Kier alpha value is -3.72. The van der Waals surface area contributed by atoms with Crippen LogP contribution in [0.2, 0.25) is 5.02 Å². The van der Waals surface area contributed by atoms with E-state index in [0.29, 0.717) is 27.7 Å². The first kappa shape index (κ1) is 22.0. The molecule has 0 atom stereocenters. The summed E-state index contributed by atoms with van der Waals surface area (Å²) in [5, 5.41) is 13.5. The Morgan fingerprint density at radius 2 is 1.87 bits per heavy atom. The van der Waals surface area contributed by atoms with Crippen molar-refractivity contribution in [2.24, 2.45) is 0 Å². The standard InChI is InChI=1S/C21H20ClN5O4/c1-3-31-21(30)14-7-6-8-15(11-14)23-18(28)12-27-13(2)19(25-26-27)20(29)24-17-10-5-4-9-16(17)22/h4-11H,3,12H2,1-2H3,(H,23,28)(H,24,29). The van der Waals surface area contributed by atoms with Gasteiger partial charge in [0.15, 0.2) is 5.69 Å². The highest BCUT2D eigenvalue weighted by Gasteiger charge is 2.19. The van der Waals surface area contributed by atoms with Gasteiger partial charge in [0.25, 0.3) is 5.91 Å². The molecule has 0 unspecified atom stereocenters. The fraction of sp³-hybridized carbons (Fsp3) is 0.190. The third-order valence-electron chi connectivity index (χ3n) is 4.27. The number of halogens is 1. The van der Waals surface area contributed by atoms with Crippen LogP contribution in [0.3, 0.4) is 0 Å². The minimum absolute atomic E-state index is 0.0806. The average molecular weight is 442 g/mol. The van der Waals surface area contributed by atoms with Crippen molar-refractivity contribution in [3.8, 4) is 0 Å². The number of rotatable bonds is 7. The van der Waals surface area contributed by atoms with Gasteiger partial charge in [-0.25, -0.2) is 9.48 Å². The molecule has 0 aliphatic heterocycles. The molecule has 2 aromatic carbocycles. The van der Waals surface area contributed by atoms with Crippen molar-refractivity contribution in [1.29, 1.82) is 0 Å². The SMILES string of the molecule is CCOC(=O)c1cccc(NC(=O)Cn2nnc(C(=O)Nc3ccccc3Cl)c2C)c1. The molecular weight excluding hydrogens is 422 g/mol. The Kier molecular flexibility index (Phi) is 6.99. The molecule has 0 saturated carbocycles. The molecule has 2 N–H and O–H groups in total. The van der Waals surface area contributed by atoms with Crippen molar-refractivity contribution in [3.05, 3.63) is 70.5 Å². The molecule has 0 bridgehead atoms. The molecule has 3 aromatic rings. The third kappa shape index (κ3) is 5.46. The summed E-state index contributed by atoms with van der Waals surface area (Å²) in [6.07, 6.45) is 0. The fourth-order valence-electron chi connectivity index (χ4n) is 2.74. The topological polar surface area (TPSA) is 115 Å². The Balaban J connectivity index is 1.66. The smallest absolute Gasteiger partial charge is 0.338 e. The highest BCUT2D eigenvalue weighted by atomic mass is 35.5. The van der Waals surface area contributed by atoms with E-state index in [1.54, 1.807) is 56.3 Å². The number of esters is 1. The van der Waals surface area contributed by atoms with E-state index >= 15 is 0 Å². The number of hydrogen-bond donors (Lipinski definition) is 2. The first-order chi connectivity index (χ1) is 14.9. The molecular formula is C21H20ClN5O4. The van der Waals surface area contributed by atoms with Crippen LogP contribution < -0.4 is 10.6 Å². The van der Waals surface area contributed by atoms with Gasteiger partial charge < -0.3 is 15.4 Å². The number of nitrogens with zero attached hydrogens (tertiary/aromatic N) is 3. The Morgan fingerprint density at radius 1 is 1.10 bits per heavy atom. The van der Waals surface area contributed by atoms with Crippen LogP contribution in [-0.2, 0) is 16.1 Å². The van der Waals surface area contributed by atoms with Crippen molar-refractivity contribution in [2.45, 2.75) is 20.4 Å². The molecule has 10 heteroatoms. The highest BCUT2D eigenvalue weighted by Crippen LogP contribution is 2.21. The maximum Gasteiger partial charge on any atom is 0.338 e. The van der Waals surface area contributed by atoms with Crippen molar-refractivity contribution < 1.29 is 19.1 Å². The number of amides is 2. The van der Waals surface area contributed by atoms with Crippen LogP contribution in [0.25, 0.3) is 0 Å². The van der Waals surface area contributed by atoms with E-state index in [-0.39, 0.29) is 18.8 Å². The minimum Gasteiger partial charge on any atom is -0.462 e.